The average molecular weight is 358 g/mol. The Balaban J connectivity index is 1.59. The van der Waals surface area contributed by atoms with Gasteiger partial charge in [-0.05, 0) is 32.0 Å². The molecule has 1 aliphatic rings. The Hall–Kier alpha value is -2.70. The van der Waals surface area contributed by atoms with Crippen LogP contribution in [0.3, 0.4) is 0 Å². The van der Waals surface area contributed by atoms with Gasteiger partial charge in [-0.15, -0.1) is 0 Å². The fraction of sp³-hybridized carbons (Fsp3) is 0.421. The summed E-state index contributed by atoms with van der Waals surface area (Å²) in [5, 5.41) is 4.35. The maximum atomic E-state index is 13.3. The molecule has 0 spiro atoms. The van der Waals surface area contributed by atoms with Crippen molar-refractivity contribution in [2.45, 2.75) is 20.3 Å². The molecule has 2 heterocycles. The lowest BCUT2D eigenvalue weighted by atomic mass is 10.1. The first-order valence-corrected chi connectivity index (χ1v) is 8.68. The Morgan fingerprint density at radius 2 is 1.77 bits per heavy atom. The van der Waals surface area contributed by atoms with Gasteiger partial charge >= 0.3 is 0 Å². The van der Waals surface area contributed by atoms with Crippen LogP contribution < -0.4 is 0 Å². The zero-order valence-corrected chi connectivity index (χ0v) is 15.3. The summed E-state index contributed by atoms with van der Waals surface area (Å²) in [7, 11) is 1.87. The number of benzene rings is 1. The Morgan fingerprint density at radius 3 is 2.35 bits per heavy atom. The number of hydrogen-bond donors (Lipinski definition) is 0. The van der Waals surface area contributed by atoms with Gasteiger partial charge in [-0.3, -0.25) is 14.3 Å². The van der Waals surface area contributed by atoms with Crippen LogP contribution in [-0.2, 0) is 18.3 Å². The monoisotopic (exact) mass is 358 g/mol. The lowest BCUT2D eigenvalue weighted by molar-refractivity contribution is -0.131. The van der Waals surface area contributed by atoms with Crippen LogP contribution in [0.2, 0.25) is 0 Å². The van der Waals surface area contributed by atoms with Crippen LogP contribution in [0.25, 0.3) is 0 Å². The van der Waals surface area contributed by atoms with Gasteiger partial charge in [0.15, 0.2) is 0 Å². The first kappa shape index (κ1) is 18.1. The van der Waals surface area contributed by atoms with Gasteiger partial charge in [0, 0.05) is 50.0 Å². The molecule has 3 rings (SSSR count). The number of nitrogens with zero attached hydrogens (tertiary/aromatic N) is 4. The minimum absolute atomic E-state index is 0.0436. The molecule has 0 N–H and O–H groups in total. The van der Waals surface area contributed by atoms with Gasteiger partial charge in [0.1, 0.15) is 5.82 Å². The zero-order chi connectivity index (χ0) is 18.8. The van der Waals surface area contributed by atoms with Crippen molar-refractivity contribution in [3.8, 4) is 0 Å². The third-order valence-corrected chi connectivity index (χ3v) is 4.98. The van der Waals surface area contributed by atoms with Gasteiger partial charge < -0.3 is 9.80 Å². The maximum Gasteiger partial charge on any atom is 0.254 e. The molecule has 0 aliphatic carbocycles. The van der Waals surface area contributed by atoms with E-state index in [4.69, 9.17) is 0 Å². The number of carbonyl (C=O) groups is 2. The molecule has 2 amide bonds. The van der Waals surface area contributed by atoms with E-state index in [0.717, 1.165) is 17.0 Å². The molecular formula is C19H23FN4O2. The summed E-state index contributed by atoms with van der Waals surface area (Å²) in [6.45, 7) is 5.73. The highest BCUT2D eigenvalue weighted by atomic mass is 19.1. The predicted octanol–water partition coefficient (Wildman–Crippen LogP) is 1.70. The highest BCUT2D eigenvalue weighted by Crippen LogP contribution is 2.15. The molecular weight excluding hydrogens is 335 g/mol. The number of hydrogen-bond acceptors (Lipinski definition) is 3. The smallest absolute Gasteiger partial charge is 0.254 e. The van der Waals surface area contributed by atoms with E-state index in [2.05, 4.69) is 5.10 Å². The molecule has 1 aromatic heterocycles. The number of amides is 2. The molecule has 0 unspecified atom stereocenters. The van der Waals surface area contributed by atoms with Gasteiger partial charge in [-0.25, -0.2) is 4.39 Å². The molecule has 1 aliphatic heterocycles. The van der Waals surface area contributed by atoms with Crippen molar-refractivity contribution in [1.82, 2.24) is 19.6 Å². The van der Waals surface area contributed by atoms with E-state index in [1.165, 1.54) is 18.2 Å². The van der Waals surface area contributed by atoms with E-state index in [1.807, 2.05) is 20.9 Å². The Labute approximate surface area is 152 Å². The number of carbonyl (C=O) groups excluding carboxylic acids is 2. The largest absolute Gasteiger partial charge is 0.339 e. The van der Waals surface area contributed by atoms with Crippen LogP contribution in [0, 0.1) is 19.7 Å². The molecule has 0 radical (unpaired) electrons. The van der Waals surface area contributed by atoms with E-state index in [9.17, 15) is 14.0 Å². The van der Waals surface area contributed by atoms with Crippen molar-refractivity contribution in [1.29, 1.82) is 0 Å². The van der Waals surface area contributed by atoms with Crippen LogP contribution in [-0.4, -0.2) is 57.6 Å². The quantitative estimate of drug-likeness (QED) is 0.839. The van der Waals surface area contributed by atoms with E-state index < -0.39 is 5.82 Å². The predicted molar refractivity (Wildman–Crippen MR) is 95.3 cm³/mol. The molecule has 0 bridgehead atoms. The second kappa shape index (κ2) is 7.27. The Kier molecular flexibility index (Phi) is 5.06. The number of halogens is 1. The number of piperazine rings is 1. The fourth-order valence-electron chi connectivity index (χ4n) is 3.30. The first-order chi connectivity index (χ1) is 12.4. The molecule has 1 fully saturated rings. The van der Waals surface area contributed by atoms with E-state index in [-0.39, 0.29) is 11.8 Å². The van der Waals surface area contributed by atoms with Gasteiger partial charge in [0.2, 0.25) is 5.91 Å². The zero-order valence-electron chi connectivity index (χ0n) is 15.3. The van der Waals surface area contributed by atoms with Crippen molar-refractivity contribution < 1.29 is 14.0 Å². The SMILES string of the molecule is Cc1nn(C)c(C)c1CC(=O)N1CCN(C(=O)c2cccc(F)c2)CC1. The van der Waals surface area contributed by atoms with Crippen LogP contribution in [0.4, 0.5) is 4.39 Å². The van der Waals surface area contributed by atoms with Gasteiger partial charge in [-0.2, -0.15) is 5.10 Å². The Morgan fingerprint density at radius 1 is 1.12 bits per heavy atom. The van der Waals surface area contributed by atoms with Crippen molar-refractivity contribution >= 4 is 11.8 Å². The molecule has 1 saturated heterocycles. The summed E-state index contributed by atoms with van der Waals surface area (Å²) < 4.78 is 15.1. The van der Waals surface area contributed by atoms with Gasteiger partial charge in [-0.1, -0.05) is 6.07 Å². The fourth-order valence-corrected chi connectivity index (χ4v) is 3.30. The van der Waals surface area contributed by atoms with Crippen LogP contribution in [0.5, 0.6) is 0 Å². The second-order valence-electron chi connectivity index (χ2n) is 6.63. The lowest BCUT2D eigenvalue weighted by Crippen LogP contribution is -2.51. The molecule has 26 heavy (non-hydrogen) atoms. The highest BCUT2D eigenvalue weighted by Gasteiger charge is 2.26. The molecule has 6 nitrogen and oxygen atoms in total. The molecule has 0 atom stereocenters. The third-order valence-electron chi connectivity index (χ3n) is 4.98. The number of rotatable bonds is 3. The summed E-state index contributed by atoms with van der Waals surface area (Å²) in [4.78, 5) is 28.5. The number of aromatic nitrogens is 2. The van der Waals surface area contributed by atoms with Crippen molar-refractivity contribution in [2.75, 3.05) is 26.2 Å². The summed E-state index contributed by atoms with van der Waals surface area (Å²) >= 11 is 0. The highest BCUT2D eigenvalue weighted by molar-refractivity contribution is 5.94. The minimum atomic E-state index is -0.424. The summed E-state index contributed by atoms with van der Waals surface area (Å²) in [6.07, 6.45) is 0.323. The summed E-state index contributed by atoms with van der Waals surface area (Å²) in [6, 6.07) is 5.70. The van der Waals surface area contributed by atoms with E-state index in [0.29, 0.717) is 38.2 Å². The standard InChI is InChI=1S/C19H23FN4O2/c1-13-17(14(2)22(3)21-13)12-18(25)23-7-9-24(10-8-23)19(26)15-5-4-6-16(20)11-15/h4-6,11H,7-10,12H2,1-3H3. The second-order valence-corrected chi connectivity index (χ2v) is 6.63. The van der Waals surface area contributed by atoms with Crippen molar-refractivity contribution in [3.63, 3.8) is 0 Å². The van der Waals surface area contributed by atoms with Crippen LogP contribution in [0.1, 0.15) is 27.3 Å². The minimum Gasteiger partial charge on any atom is -0.339 e. The lowest BCUT2D eigenvalue weighted by Gasteiger charge is -2.35. The van der Waals surface area contributed by atoms with Crippen LogP contribution >= 0.6 is 0 Å². The molecule has 7 heteroatoms. The maximum absolute atomic E-state index is 13.3. The van der Waals surface area contributed by atoms with Crippen molar-refractivity contribution in [2.24, 2.45) is 7.05 Å². The molecule has 138 valence electrons. The van der Waals surface area contributed by atoms with Crippen molar-refractivity contribution in [3.05, 3.63) is 52.6 Å². The molecule has 2 aromatic rings. The van der Waals surface area contributed by atoms with Gasteiger partial charge in [0.05, 0.1) is 12.1 Å². The normalized spacial score (nSPS) is 14.6. The van der Waals surface area contributed by atoms with E-state index >= 15 is 0 Å². The first-order valence-electron chi connectivity index (χ1n) is 8.68. The molecule has 0 saturated carbocycles. The van der Waals surface area contributed by atoms with Gasteiger partial charge in [0.25, 0.3) is 5.91 Å². The average Bonchev–Trinajstić information content (AvgIpc) is 2.87. The third kappa shape index (κ3) is 3.61. The summed E-state index contributed by atoms with van der Waals surface area (Å²) in [5.41, 5.74) is 3.18. The van der Waals surface area contributed by atoms with Crippen LogP contribution in [0.15, 0.2) is 24.3 Å². The summed E-state index contributed by atoms with van der Waals surface area (Å²) in [5.74, 6) is -0.579. The Bertz CT molecular complexity index is 838. The number of aryl methyl sites for hydroxylation is 2. The topological polar surface area (TPSA) is 58.4 Å². The van der Waals surface area contributed by atoms with E-state index in [1.54, 1.807) is 20.5 Å². The molecule has 1 aromatic carbocycles.